The summed E-state index contributed by atoms with van der Waals surface area (Å²) in [6.07, 6.45) is 1.29. The van der Waals surface area contributed by atoms with Gasteiger partial charge in [0.2, 0.25) is 0 Å². The molecular formula is C18H18N2O4S. The van der Waals surface area contributed by atoms with Gasteiger partial charge in [0, 0.05) is 11.4 Å². The summed E-state index contributed by atoms with van der Waals surface area (Å²) in [4.78, 5) is 18.6. The van der Waals surface area contributed by atoms with E-state index in [-0.39, 0.29) is 11.6 Å². The SMILES string of the molecule is COc1ccc(CNC(=O)c2ncoc2-c2ccc(C)s2)cc1OC. The van der Waals surface area contributed by atoms with Gasteiger partial charge in [-0.25, -0.2) is 4.98 Å². The van der Waals surface area contributed by atoms with Crippen LogP contribution in [0.5, 0.6) is 11.5 Å². The van der Waals surface area contributed by atoms with E-state index in [0.29, 0.717) is 23.8 Å². The van der Waals surface area contributed by atoms with Gasteiger partial charge in [-0.3, -0.25) is 4.79 Å². The van der Waals surface area contributed by atoms with Crippen LogP contribution in [-0.2, 0) is 6.54 Å². The third kappa shape index (κ3) is 3.66. The van der Waals surface area contributed by atoms with E-state index in [1.54, 1.807) is 31.6 Å². The number of thiophene rings is 1. The van der Waals surface area contributed by atoms with Crippen molar-refractivity contribution in [3.8, 4) is 22.1 Å². The summed E-state index contributed by atoms with van der Waals surface area (Å²) in [6.45, 7) is 2.34. The summed E-state index contributed by atoms with van der Waals surface area (Å²) < 4.78 is 15.9. The van der Waals surface area contributed by atoms with E-state index in [9.17, 15) is 4.79 Å². The molecule has 2 aromatic heterocycles. The van der Waals surface area contributed by atoms with Gasteiger partial charge in [0.25, 0.3) is 5.91 Å². The summed E-state index contributed by atoms with van der Waals surface area (Å²) in [5.74, 6) is 1.46. The highest BCUT2D eigenvalue weighted by Gasteiger charge is 2.19. The van der Waals surface area contributed by atoms with Gasteiger partial charge >= 0.3 is 0 Å². The number of methoxy groups -OCH3 is 2. The molecular weight excluding hydrogens is 340 g/mol. The zero-order valence-electron chi connectivity index (χ0n) is 14.2. The fourth-order valence-corrected chi connectivity index (χ4v) is 3.25. The average Bonchev–Trinajstić information content (AvgIpc) is 3.28. The van der Waals surface area contributed by atoms with Gasteiger partial charge < -0.3 is 19.2 Å². The van der Waals surface area contributed by atoms with E-state index in [1.165, 1.54) is 6.39 Å². The Morgan fingerprint density at radius 2 is 2.00 bits per heavy atom. The van der Waals surface area contributed by atoms with Crippen LogP contribution < -0.4 is 14.8 Å². The number of carbonyl (C=O) groups excluding carboxylic acids is 1. The Balaban J connectivity index is 1.73. The number of oxazole rings is 1. The van der Waals surface area contributed by atoms with Crippen LogP contribution in [0.1, 0.15) is 20.9 Å². The van der Waals surface area contributed by atoms with Gasteiger partial charge in [0.05, 0.1) is 19.1 Å². The molecule has 0 saturated heterocycles. The number of nitrogens with one attached hydrogen (secondary N) is 1. The quantitative estimate of drug-likeness (QED) is 0.728. The molecule has 0 radical (unpaired) electrons. The molecule has 1 aromatic carbocycles. The number of carbonyl (C=O) groups is 1. The van der Waals surface area contributed by atoms with E-state index in [4.69, 9.17) is 13.9 Å². The van der Waals surface area contributed by atoms with E-state index in [1.807, 2.05) is 31.2 Å². The van der Waals surface area contributed by atoms with Crippen molar-refractivity contribution >= 4 is 17.2 Å². The van der Waals surface area contributed by atoms with Gasteiger partial charge in [-0.15, -0.1) is 11.3 Å². The first-order valence-corrected chi connectivity index (χ1v) is 8.43. The van der Waals surface area contributed by atoms with E-state index in [0.717, 1.165) is 15.3 Å². The average molecular weight is 358 g/mol. The Morgan fingerprint density at radius 3 is 2.68 bits per heavy atom. The molecule has 0 aliphatic carbocycles. The Morgan fingerprint density at radius 1 is 1.20 bits per heavy atom. The lowest BCUT2D eigenvalue weighted by atomic mass is 10.2. The van der Waals surface area contributed by atoms with E-state index < -0.39 is 0 Å². The van der Waals surface area contributed by atoms with Crippen LogP contribution in [0.15, 0.2) is 41.1 Å². The topological polar surface area (TPSA) is 73.6 Å². The minimum absolute atomic E-state index is 0.280. The molecule has 0 atom stereocenters. The Bertz CT molecular complexity index is 885. The zero-order chi connectivity index (χ0) is 17.8. The van der Waals surface area contributed by atoms with Crippen molar-refractivity contribution in [1.82, 2.24) is 10.3 Å². The normalized spacial score (nSPS) is 10.5. The number of rotatable bonds is 6. The lowest BCUT2D eigenvalue weighted by molar-refractivity contribution is 0.0946. The molecule has 0 aliphatic rings. The van der Waals surface area contributed by atoms with Crippen LogP contribution in [0.2, 0.25) is 0 Å². The number of hydrogen-bond donors (Lipinski definition) is 1. The van der Waals surface area contributed by atoms with Crippen molar-refractivity contribution in [1.29, 1.82) is 0 Å². The monoisotopic (exact) mass is 358 g/mol. The van der Waals surface area contributed by atoms with Gasteiger partial charge in [-0.2, -0.15) is 0 Å². The first-order valence-electron chi connectivity index (χ1n) is 7.61. The predicted molar refractivity (Wildman–Crippen MR) is 95.3 cm³/mol. The van der Waals surface area contributed by atoms with Crippen molar-refractivity contribution < 1.29 is 18.7 Å². The van der Waals surface area contributed by atoms with Crippen LogP contribution in [0.25, 0.3) is 10.6 Å². The fourth-order valence-electron chi connectivity index (χ4n) is 2.40. The van der Waals surface area contributed by atoms with Crippen LogP contribution >= 0.6 is 11.3 Å². The van der Waals surface area contributed by atoms with E-state index in [2.05, 4.69) is 10.3 Å². The number of aromatic nitrogens is 1. The number of benzene rings is 1. The van der Waals surface area contributed by atoms with Crippen LogP contribution in [0, 0.1) is 6.92 Å². The van der Waals surface area contributed by atoms with Crippen LogP contribution in [0.4, 0.5) is 0 Å². The molecule has 0 unspecified atom stereocenters. The maximum atomic E-state index is 12.5. The second-order valence-corrected chi connectivity index (χ2v) is 6.60. The molecule has 0 bridgehead atoms. The lowest BCUT2D eigenvalue weighted by Gasteiger charge is -2.10. The minimum Gasteiger partial charge on any atom is -0.493 e. The Kier molecular flexibility index (Phi) is 5.04. The summed E-state index contributed by atoms with van der Waals surface area (Å²) in [6, 6.07) is 9.40. The second-order valence-electron chi connectivity index (χ2n) is 5.31. The van der Waals surface area contributed by atoms with Gasteiger partial charge in [-0.1, -0.05) is 6.07 Å². The molecule has 3 aromatic rings. The smallest absolute Gasteiger partial charge is 0.274 e. The Labute approximate surface area is 149 Å². The molecule has 0 spiro atoms. The molecule has 7 heteroatoms. The predicted octanol–water partition coefficient (Wildman–Crippen LogP) is 3.66. The Hall–Kier alpha value is -2.80. The molecule has 0 aliphatic heterocycles. The molecule has 0 saturated carbocycles. The third-order valence-corrected chi connectivity index (χ3v) is 4.65. The standard InChI is InChI=1S/C18H18N2O4S/c1-11-4-7-15(25-11)17-16(20-10-24-17)18(21)19-9-12-5-6-13(22-2)14(8-12)23-3/h4-8,10H,9H2,1-3H3,(H,19,21). The highest BCUT2D eigenvalue weighted by atomic mass is 32.1. The molecule has 1 N–H and O–H groups in total. The number of nitrogens with zero attached hydrogens (tertiary/aromatic N) is 1. The lowest BCUT2D eigenvalue weighted by Crippen LogP contribution is -2.23. The molecule has 6 nitrogen and oxygen atoms in total. The number of hydrogen-bond acceptors (Lipinski definition) is 6. The number of amides is 1. The molecule has 25 heavy (non-hydrogen) atoms. The summed E-state index contributed by atoms with van der Waals surface area (Å²) in [5, 5.41) is 2.85. The van der Waals surface area contributed by atoms with Crippen LogP contribution in [0.3, 0.4) is 0 Å². The van der Waals surface area contributed by atoms with Crippen molar-refractivity contribution in [2.75, 3.05) is 14.2 Å². The van der Waals surface area contributed by atoms with Crippen molar-refractivity contribution in [2.24, 2.45) is 0 Å². The maximum absolute atomic E-state index is 12.5. The molecule has 2 heterocycles. The molecule has 130 valence electrons. The van der Waals surface area contributed by atoms with Crippen molar-refractivity contribution in [3.05, 3.63) is 52.9 Å². The first-order chi connectivity index (χ1) is 12.1. The van der Waals surface area contributed by atoms with Crippen molar-refractivity contribution in [2.45, 2.75) is 13.5 Å². The summed E-state index contributed by atoms with van der Waals surface area (Å²) in [7, 11) is 3.16. The number of aryl methyl sites for hydroxylation is 1. The van der Waals surface area contributed by atoms with Gasteiger partial charge in [-0.05, 0) is 36.8 Å². The van der Waals surface area contributed by atoms with E-state index >= 15 is 0 Å². The highest BCUT2D eigenvalue weighted by Crippen LogP contribution is 2.30. The molecule has 1 amide bonds. The summed E-state index contributed by atoms with van der Waals surface area (Å²) >= 11 is 1.56. The largest absolute Gasteiger partial charge is 0.493 e. The second kappa shape index (κ2) is 7.40. The zero-order valence-corrected chi connectivity index (χ0v) is 15.0. The van der Waals surface area contributed by atoms with Crippen molar-refractivity contribution in [3.63, 3.8) is 0 Å². The highest BCUT2D eigenvalue weighted by molar-refractivity contribution is 7.15. The summed E-state index contributed by atoms with van der Waals surface area (Å²) in [5.41, 5.74) is 1.17. The fraction of sp³-hybridized carbons (Fsp3) is 0.222. The third-order valence-electron chi connectivity index (χ3n) is 3.65. The van der Waals surface area contributed by atoms with Gasteiger partial charge in [0.15, 0.2) is 29.3 Å². The molecule has 0 fully saturated rings. The maximum Gasteiger partial charge on any atom is 0.274 e. The first kappa shape index (κ1) is 17.0. The molecule has 3 rings (SSSR count). The van der Waals surface area contributed by atoms with Gasteiger partial charge in [0.1, 0.15) is 0 Å². The number of ether oxygens (including phenoxy) is 2. The van der Waals surface area contributed by atoms with Crippen LogP contribution in [-0.4, -0.2) is 25.1 Å². The minimum atomic E-state index is -0.287.